The number of aliphatic imine (C=N–C) groups is 1. The Morgan fingerprint density at radius 1 is 1.16 bits per heavy atom. The third kappa shape index (κ3) is 4.52. The second kappa shape index (κ2) is 10.9. The van der Waals surface area contributed by atoms with E-state index in [-0.39, 0.29) is 18.1 Å². The van der Waals surface area contributed by atoms with E-state index in [1.54, 1.807) is 6.20 Å². The molecule has 11 heteroatoms. The van der Waals surface area contributed by atoms with Crippen LogP contribution in [0, 0.1) is 11.7 Å². The van der Waals surface area contributed by atoms with Gasteiger partial charge in [0, 0.05) is 29.4 Å². The lowest BCUT2D eigenvalue weighted by atomic mass is 9.79. The summed E-state index contributed by atoms with van der Waals surface area (Å²) in [6, 6.07) is 0.0319. The van der Waals surface area contributed by atoms with Crippen molar-refractivity contribution in [1.29, 1.82) is 0 Å². The van der Waals surface area contributed by atoms with E-state index in [1.165, 1.54) is 11.1 Å². The number of hydrogen-bond acceptors (Lipinski definition) is 9. The molecule has 7 aliphatic rings. The van der Waals surface area contributed by atoms with Gasteiger partial charge in [0.05, 0.1) is 36.7 Å². The monoisotopic (exact) mass is 607 g/mol. The first-order chi connectivity index (χ1) is 21.4. The lowest BCUT2D eigenvalue weighted by Gasteiger charge is -2.41. The Morgan fingerprint density at radius 3 is 2.77 bits per heavy atom. The Labute approximate surface area is 257 Å². The number of halogens is 2. The van der Waals surface area contributed by atoms with Crippen molar-refractivity contribution in [2.45, 2.75) is 94.7 Å². The van der Waals surface area contributed by atoms with E-state index >= 15 is 4.39 Å². The molecule has 3 saturated heterocycles. The van der Waals surface area contributed by atoms with Crippen LogP contribution in [0.4, 0.5) is 14.5 Å². The van der Waals surface area contributed by atoms with Crippen molar-refractivity contribution in [3.8, 4) is 0 Å². The average Bonchev–Trinajstić information content (AvgIpc) is 3.83. The molecule has 44 heavy (non-hydrogen) atoms. The molecule has 3 N–H and O–H groups in total. The van der Waals surface area contributed by atoms with E-state index in [2.05, 4.69) is 27.7 Å². The number of hydrogen-bond donors (Lipinski definition) is 3. The Morgan fingerprint density at radius 2 is 1.98 bits per heavy atom. The molecule has 0 radical (unpaired) electrons. The molecule has 0 bridgehead atoms. The number of hydrazone groups is 1. The number of alkyl halides is 1. The number of aliphatic hydroxyl groups is 1. The van der Waals surface area contributed by atoms with Gasteiger partial charge < -0.3 is 25.5 Å². The zero-order valence-corrected chi connectivity index (χ0v) is 25.5. The third-order valence-electron chi connectivity index (χ3n) is 11.3. The van der Waals surface area contributed by atoms with Gasteiger partial charge in [-0.1, -0.05) is 12.5 Å². The molecule has 4 atom stereocenters. The fourth-order valence-corrected chi connectivity index (χ4v) is 9.07. The summed E-state index contributed by atoms with van der Waals surface area (Å²) in [7, 11) is 0. The van der Waals surface area contributed by atoms with E-state index in [4.69, 9.17) is 14.7 Å². The fraction of sp³-hybridized carbons (Fsp3) is 0.667. The number of nitrogens with one attached hydrogen (secondary N) is 2. The zero-order chi connectivity index (χ0) is 30.1. The Bertz CT molecular complexity index is 1460. The molecule has 0 spiro atoms. The predicted molar refractivity (Wildman–Crippen MR) is 166 cm³/mol. The van der Waals surface area contributed by atoms with E-state index in [9.17, 15) is 9.50 Å². The quantitative estimate of drug-likeness (QED) is 0.443. The van der Waals surface area contributed by atoms with Gasteiger partial charge in [-0.05, 0) is 88.8 Å². The number of likely N-dealkylation sites (tertiary alicyclic amines) is 1. The zero-order valence-electron chi connectivity index (χ0n) is 25.5. The lowest BCUT2D eigenvalue weighted by Crippen LogP contribution is -2.53. The highest BCUT2D eigenvalue weighted by molar-refractivity contribution is 6.06. The van der Waals surface area contributed by atoms with Crippen LogP contribution in [0.3, 0.4) is 0 Å². The van der Waals surface area contributed by atoms with Gasteiger partial charge >= 0.3 is 0 Å². The van der Waals surface area contributed by atoms with E-state index in [0.29, 0.717) is 54.7 Å². The second-order valence-corrected chi connectivity index (χ2v) is 13.9. The number of aromatic nitrogens is 1. The number of pyridine rings is 1. The molecule has 3 unspecified atom stereocenters. The van der Waals surface area contributed by atoms with Gasteiger partial charge in [0.2, 0.25) is 6.35 Å². The first-order valence-corrected chi connectivity index (χ1v) is 16.6. The number of β-amino-alcohol motifs (C(OH)–C–C–N with tert-alkyl or cyclic N) is 1. The number of ether oxygens (including phenoxy) is 1. The van der Waals surface area contributed by atoms with Crippen LogP contribution in [-0.2, 0) is 4.74 Å². The van der Waals surface area contributed by atoms with Crippen LogP contribution in [0.15, 0.2) is 33.0 Å². The number of piperidine rings is 1. The van der Waals surface area contributed by atoms with Gasteiger partial charge in [0.25, 0.3) is 0 Å². The lowest BCUT2D eigenvalue weighted by molar-refractivity contribution is -0.0308. The first-order valence-electron chi connectivity index (χ1n) is 16.6. The number of allylic oxidation sites excluding steroid dienone is 2. The van der Waals surface area contributed by atoms with Crippen LogP contribution in [-0.4, -0.2) is 94.9 Å². The molecule has 0 amide bonds. The van der Waals surface area contributed by atoms with Crippen molar-refractivity contribution < 1.29 is 18.6 Å². The van der Waals surface area contributed by atoms with Crippen molar-refractivity contribution in [3.63, 3.8) is 0 Å². The molecule has 6 heterocycles. The summed E-state index contributed by atoms with van der Waals surface area (Å²) >= 11 is 0. The van der Waals surface area contributed by atoms with Crippen LogP contribution < -0.4 is 10.7 Å². The molecular weight excluding hydrogens is 564 g/mol. The molecule has 236 valence electrons. The molecule has 1 aromatic rings. The molecule has 2 aliphatic carbocycles. The normalized spacial score (nSPS) is 32.3. The average molecular weight is 608 g/mol. The molecule has 3 fully saturated rings. The summed E-state index contributed by atoms with van der Waals surface area (Å²) in [6.07, 6.45) is 12.2. The minimum absolute atomic E-state index is 0.0120. The van der Waals surface area contributed by atoms with Crippen molar-refractivity contribution in [2.75, 3.05) is 44.8 Å². The number of nitrogens with zero attached hydrogens (tertiary/aromatic N) is 5. The molecule has 0 aromatic carbocycles. The molecule has 8 rings (SSSR count). The topological polar surface area (TPSA) is 97.6 Å². The molecule has 1 aromatic heterocycles. The van der Waals surface area contributed by atoms with Gasteiger partial charge in [-0.15, -0.1) is 0 Å². The molecule has 5 aliphatic heterocycles. The summed E-state index contributed by atoms with van der Waals surface area (Å²) in [6.45, 7) is 4.72. The largest absolute Gasteiger partial charge is 0.385 e. The van der Waals surface area contributed by atoms with E-state index in [1.807, 2.05) is 11.1 Å². The second-order valence-electron chi connectivity index (χ2n) is 13.9. The van der Waals surface area contributed by atoms with E-state index < -0.39 is 24.4 Å². The summed E-state index contributed by atoms with van der Waals surface area (Å²) in [5.41, 5.74) is 7.41. The smallest absolute Gasteiger partial charge is 0.227 e. The summed E-state index contributed by atoms with van der Waals surface area (Å²) in [5, 5.41) is 18.6. The van der Waals surface area contributed by atoms with Gasteiger partial charge in [-0.3, -0.25) is 9.88 Å². The maximum Gasteiger partial charge on any atom is 0.227 e. The van der Waals surface area contributed by atoms with Gasteiger partial charge in [0.1, 0.15) is 23.8 Å². The summed E-state index contributed by atoms with van der Waals surface area (Å²) in [4.78, 5) is 14.1. The summed E-state index contributed by atoms with van der Waals surface area (Å²) < 4.78 is 37.5. The number of fused-ring (bicyclic) bond motifs is 3. The molecular formula is C33H43F2N7O2. The Kier molecular flexibility index (Phi) is 7.06. The predicted octanol–water partition coefficient (Wildman–Crippen LogP) is 4.35. The van der Waals surface area contributed by atoms with Gasteiger partial charge in [-0.2, -0.15) is 5.10 Å². The van der Waals surface area contributed by atoms with Crippen LogP contribution in [0.25, 0.3) is 5.57 Å². The van der Waals surface area contributed by atoms with Crippen LogP contribution in [0.2, 0.25) is 0 Å². The highest BCUT2D eigenvalue weighted by Crippen LogP contribution is 2.50. The highest BCUT2D eigenvalue weighted by atomic mass is 19.1. The molecule has 9 nitrogen and oxygen atoms in total. The molecule has 0 saturated carbocycles. The van der Waals surface area contributed by atoms with Crippen LogP contribution in [0.5, 0.6) is 0 Å². The number of anilines is 1. The third-order valence-corrected chi connectivity index (χ3v) is 11.3. The summed E-state index contributed by atoms with van der Waals surface area (Å²) in [5.74, 6) is 0.434. The number of rotatable bonds is 6. The van der Waals surface area contributed by atoms with E-state index in [0.717, 1.165) is 75.6 Å². The minimum atomic E-state index is -1.46. The van der Waals surface area contributed by atoms with Crippen molar-refractivity contribution in [1.82, 2.24) is 20.2 Å². The van der Waals surface area contributed by atoms with Crippen LogP contribution >= 0.6 is 0 Å². The Balaban J connectivity index is 1.19. The van der Waals surface area contributed by atoms with Gasteiger partial charge in [0.15, 0.2) is 5.82 Å². The first kappa shape index (κ1) is 28.6. The van der Waals surface area contributed by atoms with Crippen molar-refractivity contribution in [2.24, 2.45) is 16.0 Å². The SMILES string of the molecule is CCC1CCC2=C1C(c1ncc3c(c1F)NC(OCC14CCCN1CCC4)N=C3N1CCC[C@](O)(CF)C1)=C1C=NNC1C2. The fourth-order valence-electron chi connectivity index (χ4n) is 9.07. The van der Waals surface area contributed by atoms with Gasteiger partial charge in [-0.25, -0.2) is 13.8 Å². The Hall–Kier alpha value is -2.89. The van der Waals surface area contributed by atoms with Crippen molar-refractivity contribution in [3.05, 3.63) is 40.0 Å². The van der Waals surface area contributed by atoms with Crippen LogP contribution in [0.1, 0.15) is 82.4 Å². The number of amidine groups is 1. The van der Waals surface area contributed by atoms with Crippen molar-refractivity contribution >= 4 is 23.3 Å². The minimum Gasteiger partial charge on any atom is -0.385 e. The highest BCUT2D eigenvalue weighted by Gasteiger charge is 2.46. The maximum absolute atomic E-state index is 17.1. The maximum atomic E-state index is 17.1. The standard InChI is InChI=1S/C33H43F2N7O2/c1-2-20-6-7-21-14-24-22(16-37-40-24)26(25(20)21)29-27(35)28-23(15-36-29)30(41-11-5-10-33(43,17-34)18-41)39-31(38-28)44-19-32-8-3-12-42(32)13-4-9-32/h15-16,20,24,31,38,40,43H,2-14,17-19H2,1H3/t20?,24?,31?,33-/m0/s1.